The SMILES string of the molecule is CC1CCC(C)(NCc2ccsc2)CC1. The summed E-state index contributed by atoms with van der Waals surface area (Å²) in [5, 5.41) is 8.12. The molecule has 0 aliphatic heterocycles. The Morgan fingerprint density at radius 3 is 2.80 bits per heavy atom. The van der Waals surface area contributed by atoms with E-state index < -0.39 is 0 Å². The predicted octanol–water partition coefficient (Wildman–Crippen LogP) is 3.81. The molecule has 0 saturated heterocycles. The molecule has 1 N–H and O–H groups in total. The Morgan fingerprint density at radius 1 is 1.47 bits per heavy atom. The molecule has 1 aliphatic carbocycles. The van der Waals surface area contributed by atoms with Crippen molar-refractivity contribution >= 4 is 11.3 Å². The van der Waals surface area contributed by atoms with Crippen LogP contribution >= 0.6 is 11.3 Å². The lowest BCUT2D eigenvalue weighted by Crippen LogP contribution is -2.44. The molecular formula is C13H21NS. The molecule has 1 aliphatic rings. The zero-order valence-corrected chi connectivity index (χ0v) is 10.6. The summed E-state index contributed by atoms with van der Waals surface area (Å²) in [6.45, 7) is 5.79. The molecule has 1 saturated carbocycles. The van der Waals surface area contributed by atoms with Crippen LogP contribution in [-0.4, -0.2) is 5.54 Å². The first-order valence-electron chi connectivity index (χ1n) is 5.94. The van der Waals surface area contributed by atoms with Gasteiger partial charge in [-0.05, 0) is 60.9 Å². The normalized spacial score (nSPS) is 31.7. The van der Waals surface area contributed by atoms with Crippen molar-refractivity contribution in [3.05, 3.63) is 22.4 Å². The van der Waals surface area contributed by atoms with Crippen LogP contribution in [0.3, 0.4) is 0 Å². The third kappa shape index (κ3) is 3.05. The van der Waals surface area contributed by atoms with Crippen LogP contribution in [-0.2, 0) is 6.54 Å². The van der Waals surface area contributed by atoms with Gasteiger partial charge in [-0.1, -0.05) is 6.92 Å². The first kappa shape index (κ1) is 11.2. The molecule has 0 bridgehead atoms. The highest BCUT2D eigenvalue weighted by Crippen LogP contribution is 2.31. The molecule has 2 heteroatoms. The highest BCUT2D eigenvalue weighted by atomic mass is 32.1. The van der Waals surface area contributed by atoms with Crippen LogP contribution in [0, 0.1) is 5.92 Å². The topological polar surface area (TPSA) is 12.0 Å². The summed E-state index contributed by atoms with van der Waals surface area (Å²) in [6, 6.07) is 2.21. The first-order chi connectivity index (χ1) is 7.18. The van der Waals surface area contributed by atoms with Crippen LogP contribution in [0.4, 0.5) is 0 Å². The largest absolute Gasteiger partial charge is 0.307 e. The van der Waals surface area contributed by atoms with E-state index in [4.69, 9.17) is 0 Å². The maximum Gasteiger partial charge on any atom is 0.0218 e. The summed E-state index contributed by atoms with van der Waals surface area (Å²) in [5.74, 6) is 0.932. The number of thiophene rings is 1. The molecular weight excluding hydrogens is 202 g/mol. The van der Waals surface area contributed by atoms with Gasteiger partial charge in [0.15, 0.2) is 0 Å². The van der Waals surface area contributed by atoms with Crippen molar-refractivity contribution < 1.29 is 0 Å². The fourth-order valence-electron chi connectivity index (χ4n) is 2.28. The third-order valence-electron chi connectivity index (χ3n) is 3.68. The molecule has 1 aromatic heterocycles. The maximum atomic E-state index is 3.73. The molecule has 1 fully saturated rings. The van der Waals surface area contributed by atoms with Gasteiger partial charge in [0, 0.05) is 12.1 Å². The molecule has 0 aromatic carbocycles. The summed E-state index contributed by atoms with van der Waals surface area (Å²) in [6.07, 6.45) is 5.43. The molecule has 1 aromatic rings. The monoisotopic (exact) mass is 223 g/mol. The Balaban J connectivity index is 1.83. The van der Waals surface area contributed by atoms with E-state index in [1.54, 1.807) is 11.3 Å². The van der Waals surface area contributed by atoms with Gasteiger partial charge in [0.1, 0.15) is 0 Å². The zero-order chi connectivity index (χ0) is 10.7. The van der Waals surface area contributed by atoms with E-state index in [0.29, 0.717) is 5.54 Å². The van der Waals surface area contributed by atoms with E-state index in [0.717, 1.165) is 12.5 Å². The number of hydrogen-bond acceptors (Lipinski definition) is 2. The third-order valence-corrected chi connectivity index (χ3v) is 4.41. The molecule has 2 rings (SSSR count). The molecule has 0 unspecified atom stereocenters. The Labute approximate surface area is 96.9 Å². The van der Waals surface area contributed by atoms with Crippen LogP contribution < -0.4 is 5.32 Å². The second-order valence-corrected chi connectivity index (χ2v) is 6.01. The van der Waals surface area contributed by atoms with Gasteiger partial charge in [-0.15, -0.1) is 0 Å². The summed E-state index contributed by atoms with van der Waals surface area (Å²) in [5.41, 5.74) is 1.81. The second-order valence-electron chi connectivity index (χ2n) is 5.23. The van der Waals surface area contributed by atoms with Crippen LogP contribution in [0.2, 0.25) is 0 Å². The van der Waals surface area contributed by atoms with Crippen LogP contribution in [0.1, 0.15) is 45.1 Å². The van der Waals surface area contributed by atoms with Gasteiger partial charge in [-0.25, -0.2) is 0 Å². The van der Waals surface area contributed by atoms with Gasteiger partial charge in [0.25, 0.3) is 0 Å². The molecule has 1 nitrogen and oxygen atoms in total. The summed E-state index contributed by atoms with van der Waals surface area (Å²) >= 11 is 1.79. The zero-order valence-electron chi connectivity index (χ0n) is 9.75. The Kier molecular flexibility index (Phi) is 3.47. The molecule has 0 spiro atoms. The summed E-state index contributed by atoms with van der Waals surface area (Å²) in [7, 11) is 0. The van der Waals surface area contributed by atoms with Crippen molar-refractivity contribution in [3.63, 3.8) is 0 Å². The Bertz CT molecular complexity index is 283. The molecule has 0 amide bonds. The minimum atomic E-state index is 0.383. The molecule has 0 radical (unpaired) electrons. The van der Waals surface area contributed by atoms with E-state index in [-0.39, 0.29) is 0 Å². The van der Waals surface area contributed by atoms with Gasteiger partial charge in [0.2, 0.25) is 0 Å². The Hall–Kier alpha value is -0.340. The average molecular weight is 223 g/mol. The van der Waals surface area contributed by atoms with Crippen molar-refractivity contribution in [2.24, 2.45) is 5.92 Å². The van der Waals surface area contributed by atoms with Gasteiger partial charge in [-0.3, -0.25) is 0 Å². The second kappa shape index (κ2) is 4.67. The highest BCUT2D eigenvalue weighted by Gasteiger charge is 2.28. The van der Waals surface area contributed by atoms with E-state index >= 15 is 0 Å². The summed E-state index contributed by atoms with van der Waals surface area (Å²) < 4.78 is 0. The number of hydrogen-bond donors (Lipinski definition) is 1. The number of nitrogens with one attached hydrogen (secondary N) is 1. The molecule has 15 heavy (non-hydrogen) atoms. The van der Waals surface area contributed by atoms with Crippen molar-refractivity contribution in [3.8, 4) is 0 Å². The first-order valence-corrected chi connectivity index (χ1v) is 6.88. The fourth-order valence-corrected chi connectivity index (χ4v) is 2.95. The number of rotatable bonds is 3. The van der Waals surface area contributed by atoms with Crippen molar-refractivity contribution in [1.29, 1.82) is 0 Å². The minimum Gasteiger partial charge on any atom is -0.307 e. The molecule has 0 atom stereocenters. The van der Waals surface area contributed by atoms with Crippen molar-refractivity contribution in [2.45, 2.75) is 51.6 Å². The lowest BCUT2D eigenvalue weighted by molar-refractivity contribution is 0.212. The van der Waals surface area contributed by atoms with E-state index in [1.165, 1.54) is 31.2 Å². The van der Waals surface area contributed by atoms with Gasteiger partial charge < -0.3 is 5.32 Å². The van der Waals surface area contributed by atoms with Gasteiger partial charge >= 0.3 is 0 Å². The molecule has 1 heterocycles. The quantitative estimate of drug-likeness (QED) is 0.821. The van der Waals surface area contributed by atoms with Crippen LogP contribution in [0.25, 0.3) is 0 Å². The predicted molar refractivity (Wildman–Crippen MR) is 67.2 cm³/mol. The Morgan fingerprint density at radius 2 is 2.20 bits per heavy atom. The van der Waals surface area contributed by atoms with Crippen molar-refractivity contribution in [2.75, 3.05) is 0 Å². The lowest BCUT2D eigenvalue weighted by Gasteiger charge is -2.37. The van der Waals surface area contributed by atoms with E-state index in [2.05, 4.69) is 36.0 Å². The van der Waals surface area contributed by atoms with Gasteiger partial charge in [0.05, 0.1) is 0 Å². The molecule has 84 valence electrons. The van der Waals surface area contributed by atoms with E-state index in [9.17, 15) is 0 Å². The van der Waals surface area contributed by atoms with Crippen LogP contribution in [0.5, 0.6) is 0 Å². The minimum absolute atomic E-state index is 0.383. The average Bonchev–Trinajstić information content (AvgIpc) is 2.73. The van der Waals surface area contributed by atoms with Gasteiger partial charge in [-0.2, -0.15) is 11.3 Å². The standard InChI is InChI=1S/C13H21NS/c1-11-3-6-13(2,7-4-11)14-9-12-5-8-15-10-12/h5,8,10-11,14H,3-4,6-7,9H2,1-2H3. The van der Waals surface area contributed by atoms with E-state index in [1.807, 2.05) is 0 Å². The van der Waals surface area contributed by atoms with Crippen molar-refractivity contribution in [1.82, 2.24) is 5.32 Å². The summed E-state index contributed by atoms with van der Waals surface area (Å²) in [4.78, 5) is 0. The highest BCUT2D eigenvalue weighted by molar-refractivity contribution is 7.07. The fraction of sp³-hybridized carbons (Fsp3) is 0.692. The lowest BCUT2D eigenvalue weighted by atomic mass is 9.78. The maximum absolute atomic E-state index is 3.73. The van der Waals surface area contributed by atoms with Crippen LogP contribution in [0.15, 0.2) is 16.8 Å². The smallest absolute Gasteiger partial charge is 0.0218 e.